The maximum Gasteiger partial charge on any atom is 0.210 e. The molecule has 1 heterocycles. The van der Waals surface area contributed by atoms with E-state index in [-0.39, 0.29) is 5.75 Å². The van der Waals surface area contributed by atoms with E-state index in [0.29, 0.717) is 22.6 Å². The molecule has 0 N–H and O–H groups in total. The largest absolute Gasteiger partial charge is 0.291 e. The fourth-order valence-corrected chi connectivity index (χ4v) is 4.17. The van der Waals surface area contributed by atoms with E-state index in [1.165, 1.54) is 11.8 Å². The Morgan fingerprint density at radius 2 is 2.22 bits per heavy atom. The molecule has 0 aromatic heterocycles. The van der Waals surface area contributed by atoms with Gasteiger partial charge in [0.05, 0.1) is 11.3 Å². The molecule has 1 aliphatic rings. The van der Waals surface area contributed by atoms with Gasteiger partial charge in [-0.1, -0.05) is 48.1 Å². The van der Waals surface area contributed by atoms with Crippen molar-refractivity contribution in [2.75, 3.05) is 5.75 Å². The van der Waals surface area contributed by atoms with E-state index in [2.05, 4.69) is 11.2 Å². The van der Waals surface area contributed by atoms with Gasteiger partial charge in [0.2, 0.25) is 8.77 Å². The maximum absolute atomic E-state index is 12.0. The fourth-order valence-electron chi connectivity index (χ4n) is 2.06. The van der Waals surface area contributed by atoms with Gasteiger partial charge in [0.1, 0.15) is 11.1 Å². The highest BCUT2D eigenvalue weighted by Crippen LogP contribution is 2.32. The first kappa shape index (κ1) is 17.7. The predicted molar refractivity (Wildman–Crippen MR) is 99.6 cm³/mol. The fraction of sp³-hybridized carbons (Fsp3) is 0.250. The molecule has 2 rings (SSSR count). The number of aryl methyl sites for hydroxylation is 1. The molecule has 4 nitrogen and oxygen atoms in total. The lowest BCUT2D eigenvalue weighted by atomic mass is 9.97. The number of nitriles is 1. The summed E-state index contributed by atoms with van der Waals surface area (Å²) in [5.41, 5.74) is 3.02. The third-order valence-electron chi connectivity index (χ3n) is 3.13. The Hall–Kier alpha value is -1.62. The molecule has 7 heteroatoms. The van der Waals surface area contributed by atoms with Gasteiger partial charge in [-0.2, -0.15) is 5.26 Å². The van der Waals surface area contributed by atoms with Crippen molar-refractivity contribution in [3.05, 3.63) is 52.4 Å². The van der Waals surface area contributed by atoms with Crippen LogP contribution < -0.4 is 0 Å². The van der Waals surface area contributed by atoms with Gasteiger partial charge in [-0.3, -0.25) is 4.28 Å². The molecule has 1 atom stereocenters. The minimum atomic E-state index is -2.85. The van der Waals surface area contributed by atoms with E-state index in [4.69, 9.17) is 15.5 Å². The Labute approximate surface area is 145 Å². The van der Waals surface area contributed by atoms with Crippen LogP contribution in [0.25, 0.3) is 5.57 Å². The van der Waals surface area contributed by atoms with Crippen molar-refractivity contribution in [1.82, 2.24) is 0 Å². The molecule has 120 valence electrons. The lowest BCUT2D eigenvalue weighted by molar-refractivity contribution is 0.373. The Balaban J connectivity index is 2.42. The van der Waals surface area contributed by atoms with Crippen LogP contribution in [-0.4, -0.2) is 15.0 Å². The van der Waals surface area contributed by atoms with Crippen molar-refractivity contribution in [2.45, 2.75) is 20.3 Å². The molecule has 0 fully saturated rings. The quantitative estimate of drug-likeness (QED) is 0.585. The Morgan fingerprint density at radius 1 is 1.48 bits per heavy atom. The average molecular weight is 365 g/mol. The second-order valence-electron chi connectivity index (χ2n) is 4.87. The summed E-state index contributed by atoms with van der Waals surface area (Å²) in [6.45, 7) is 3.83. The summed E-state index contributed by atoms with van der Waals surface area (Å²) in [7, 11) is -2.85. The number of thioether (sulfide) groups is 1. The van der Waals surface area contributed by atoms with E-state index >= 15 is 0 Å². The minimum absolute atomic E-state index is 0.277. The first-order valence-electron chi connectivity index (χ1n) is 7.01. The SMILES string of the molecule is CCCS(=O)(=S)O/N=C1\SC=C\C1=C(\C#N)c1ccccc1C. The number of hydrogen-bond donors (Lipinski definition) is 0. The van der Waals surface area contributed by atoms with Gasteiger partial charge < -0.3 is 0 Å². The molecule has 0 amide bonds. The van der Waals surface area contributed by atoms with Crippen molar-refractivity contribution in [3.63, 3.8) is 0 Å². The van der Waals surface area contributed by atoms with Crippen LogP contribution in [0.4, 0.5) is 0 Å². The van der Waals surface area contributed by atoms with Crippen LogP contribution in [0.2, 0.25) is 0 Å². The van der Waals surface area contributed by atoms with E-state index < -0.39 is 8.77 Å². The van der Waals surface area contributed by atoms with Gasteiger partial charge in [-0.05, 0) is 36.0 Å². The molecular formula is C16H16N2O2S3. The molecule has 0 bridgehead atoms. The normalized spacial score (nSPS) is 20.1. The van der Waals surface area contributed by atoms with Gasteiger partial charge in [0.15, 0.2) is 0 Å². The van der Waals surface area contributed by atoms with E-state index in [1.54, 1.807) is 0 Å². The molecule has 0 saturated heterocycles. The number of rotatable bonds is 5. The summed E-state index contributed by atoms with van der Waals surface area (Å²) < 4.78 is 17.1. The highest BCUT2D eigenvalue weighted by molar-refractivity contribution is 8.30. The molecule has 1 aliphatic heterocycles. The second kappa shape index (κ2) is 7.77. The van der Waals surface area contributed by atoms with Crippen LogP contribution in [0.15, 0.2) is 46.5 Å². The number of nitrogens with zero attached hydrogens (tertiary/aromatic N) is 2. The van der Waals surface area contributed by atoms with Crippen molar-refractivity contribution < 1.29 is 8.49 Å². The monoisotopic (exact) mass is 364 g/mol. The summed E-state index contributed by atoms with van der Waals surface area (Å²) in [6, 6.07) is 9.88. The van der Waals surface area contributed by atoms with Crippen LogP contribution in [0, 0.1) is 18.3 Å². The zero-order valence-corrected chi connectivity index (χ0v) is 15.3. The van der Waals surface area contributed by atoms with Gasteiger partial charge >= 0.3 is 0 Å². The third-order valence-corrected chi connectivity index (χ3v) is 5.81. The average Bonchev–Trinajstić information content (AvgIpc) is 2.96. The number of allylic oxidation sites excluding steroid dienone is 2. The Bertz CT molecular complexity index is 831. The van der Waals surface area contributed by atoms with Gasteiger partial charge in [0, 0.05) is 16.8 Å². The lowest BCUT2D eigenvalue weighted by Crippen LogP contribution is -2.06. The second-order valence-corrected chi connectivity index (χ2v) is 8.96. The first-order chi connectivity index (χ1) is 11.0. The zero-order valence-electron chi connectivity index (χ0n) is 12.8. The Morgan fingerprint density at radius 3 is 2.87 bits per heavy atom. The minimum Gasteiger partial charge on any atom is -0.291 e. The van der Waals surface area contributed by atoms with Gasteiger partial charge in [-0.25, -0.2) is 4.21 Å². The molecule has 0 aliphatic carbocycles. The third kappa shape index (κ3) is 4.44. The molecule has 0 radical (unpaired) electrons. The van der Waals surface area contributed by atoms with Crippen LogP contribution in [0.5, 0.6) is 0 Å². The van der Waals surface area contributed by atoms with Gasteiger partial charge in [-0.15, -0.1) is 0 Å². The van der Waals surface area contributed by atoms with Crippen LogP contribution in [-0.2, 0) is 24.2 Å². The first-order valence-corrected chi connectivity index (χ1v) is 10.5. The highest BCUT2D eigenvalue weighted by atomic mass is 32.8. The van der Waals surface area contributed by atoms with Crippen LogP contribution in [0.3, 0.4) is 0 Å². The molecular weight excluding hydrogens is 348 g/mol. The molecule has 0 saturated carbocycles. The number of hydrogen-bond acceptors (Lipinski definition) is 6. The molecule has 1 unspecified atom stereocenters. The van der Waals surface area contributed by atoms with E-state index in [1.807, 2.05) is 49.6 Å². The van der Waals surface area contributed by atoms with Crippen molar-refractivity contribution in [2.24, 2.45) is 5.16 Å². The standard InChI is InChI=1S/C16H16N2O2S3/c1-3-10-23(19,21)20-18-16-14(8-9-22-16)15(11-17)13-7-5-4-6-12(13)2/h4-9H,3,10H2,1-2H3/b15-14+,18-16-. The summed E-state index contributed by atoms with van der Waals surface area (Å²) in [5.74, 6) is 0.277. The summed E-state index contributed by atoms with van der Waals surface area (Å²) in [4.78, 5) is 0. The summed E-state index contributed by atoms with van der Waals surface area (Å²) >= 11 is 6.23. The topological polar surface area (TPSA) is 62.4 Å². The smallest absolute Gasteiger partial charge is 0.210 e. The van der Waals surface area contributed by atoms with E-state index in [9.17, 15) is 9.47 Å². The van der Waals surface area contributed by atoms with Crippen molar-refractivity contribution in [1.29, 1.82) is 5.26 Å². The Kier molecular flexibility index (Phi) is 5.99. The summed E-state index contributed by atoms with van der Waals surface area (Å²) in [5, 5.41) is 15.8. The summed E-state index contributed by atoms with van der Waals surface area (Å²) in [6.07, 6.45) is 2.47. The van der Waals surface area contributed by atoms with Crippen LogP contribution >= 0.6 is 11.8 Å². The molecule has 1 aromatic rings. The highest BCUT2D eigenvalue weighted by Gasteiger charge is 2.20. The number of oxime groups is 1. The van der Waals surface area contributed by atoms with Gasteiger partial charge in [0.25, 0.3) is 0 Å². The van der Waals surface area contributed by atoms with Crippen molar-refractivity contribution >= 4 is 42.3 Å². The molecule has 1 aromatic carbocycles. The van der Waals surface area contributed by atoms with Crippen molar-refractivity contribution in [3.8, 4) is 6.07 Å². The zero-order chi connectivity index (χ0) is 16.9. The van der Waals surface area contributed by atoms with E-state index in [0.717, 1.165) is 11.1 Å². The number of benzene rings is 1. The molecule has 0 spiro atoms. The lowest BCUT2D eigenvalue weighted by Gasteiger charge is -2.08. The predicted octanol–water partition coefficient (Wildman–Crippen LogP) is 3.93. The van der Waals surface area contributed by atoms with Crippen LogP contribution in [0.1, 0.15) is 24.5 Å². The molecule has 23 heavy (non-hydrogen) atoms. The maximum atomic E-state index is 12.0.